The Labute approximate surface area is 146 Å². The highest BCUT2D eigenvalue weighted by Gasteiger charge is 2.15. The largest absolute Gasteiger partial charge is 0.350 e. The molecule has 5 nitrogen and oxygen atoms in total. The van der Waals surface area contributed by atoms with Crippen LogP contribution in [0, 0.1) is 5.92 Å². The monoisotopic (exact) mass is 354 g/mol. The Kier molecular flexibility index (Phi) is 6.45. The minimum absolute atomic E-state index is 0. The van der Waals surface area contributed by atoms with Crippen LogP contribution in [-0.2, 0) is 0 Å². The summed E-state index contributed by atoms with van der Waals surface area (Å²) < 4.78 is 1.66. The Bertz CT molecular complexity index is 653. The molecule has 3 rings (SSSR count). The number of carbonyl (C=O) groups is 1. The number of hydrogen-bond acceptors (Lipinski definition) is 3. The van der Waals surface area contributed by atoms with E-state index in [1.165, 1.54) is 6.42 Å². The predicted molar refractivity (Wildman–Crippen MR) is 93.7 cm³/mol. The molecule has 1 amide bonds. The molecular weight excluding hydrogens is 335 g/mol. The fourth-order valence-electron chi connectivity index (χ4n) is 2.63. The highest BCUT2D eigenvalue weighted by atomic mass is 35.5. The first-order chi connectivity index (χ1) is 10.7. The van der Waals surface area contributed by atoms with Gasteiger partial charge in [0.05, 0.1) is 5.69 Å². The van der Waals surface area contributed by atoms with Gasteiger partial charge in [-0.2, -0.15) is 5.10 Å². The van der Waals surface area contributed by atoms with Gasteiger partial charge in [-0.3, -0.25) is 4.79 Å². The molecule has 0 bridgehead atoms. The van der Waals surface area contributed by atoms with Crippen LogP contribution in [0.15, 0.2) is 36.5 Å². The van der Waals surface area contributed by atoms with Crippen molar-refractivity contribution >= 4 is 29.9 Å². The number of halogens is 2. The molecule has 2 N–H and O–H groups in total. The molecule has 0 aliphatic carbocycles. The van der Waals surface area contributed by atoms with Crippen LogP contribution in [0.5, 0.6) is 0 Å². The molecule has 7 heteroatoms. The number of benzene rings is 1. The highest BCUT2D eigenvalue weighted by Crippen LogP contribution is 2.14. The molecule has 2 heterocycles. The van der Waals surface area contributed by atoms with Crippen molar-refractivity contribution < 1.29 is 4.79 Å². The summed E-state index contributed by atoms with van der Waals surface area (Å²) in [4.78, 5) is 12.2. The normalized spacial score (nSPS) is 17.3. The molecule has 1 atom stereocenters. The van der Waals surface area contributed by atoms with Gasteiger partial charge in [0.25, 0.3) is 5.91 Å². The minimum Gasteiger partial charge on any atom is -0.350 e. The Morgan fingerprint density at radius 2 is 2.30 bits per heavy atom. The molecular formula is C16H20Cl2N4O. The first-order valence-electron chi connectivity index (χ1n) is 7.53. The zero-order valence-corrected chi connectivity index (χ0v) is 14.2. The van der Waals surface area contributed by atoms with Crippen LogP contribution in [0.4, 0.5) is 0 Å². The molecule has 0 spiro atoms. The lowest BCUT2D eigenvalue weighted by molar-refractivity contribution is 0.0939. The van der Waals surface area contributed by atoms with Gasteiger partial charge in [-0.25, -0.2) is 4.68 Å². The predicted octanol–water partition coefficient (Wildman–Crippen LogP) is 2.68. The number of nitrogens with zero attached hydrogens (tertiary/aromatic N) is 2. The van der Waals surface area contributed by atoms with Crippen LogP contribution in [0.25, 0.3) is 5.69 Å². The summed E-state index contributed by atoms with van der Waals surface area (Å²) in [6, 6.07) is 9.09. The van der Waals surface area contributed by atoms with E-state index in [0.717, 1.165) is 25.2 Å². The van der Waals surface area contributed by atoms with E-state index >= 15 is 0 Å². The lowest BCUT2D eigenvalue weighted by Crippen LogP contribution is -2.38. The van der Waals surface area contributed by atoms with Gasteiger partial charge in [0.15, 0.2) is 5.69 Å². The van der Waals surface area contributed by atoms with Crippen molar-refractivity contribution in [3.63, 3.8) is 0 Å². The van der Waals surface area contributed by atoms with Crippen LogP contribution in [0.2, 0.25) is 5.02 Å². The van der Waals surface area contributed by atoms with Gasteiger partial charge in [-0.15, -0.1) is 12.4 Å². The average molecular weight is 355 g/mol. The third-order valence-electron chi connectivity index (χ3n) is 3.84. The maximum Gasteiger partial charge on any atom is 0.271 e. The molecule has 1 aromatic carbocycles. The van der Waals surface area contributed by atoms with Crippen molar-refractivity contribution in [2.75, 3.05) is 19.6 Å². The van der Waals surface area contributed by atoms with Gasteiger partial charge in [0, 0.05) is 17.8 Å². The molecule has 1 unspecified atom stereocenters. The highest BCUT2D eigenvalue weighted by molar-refractivity contribution is 6.30. The van der Waals surface area contributed by atoms with E-state index in [1.807, 2.05) is 18.2 Å². The number of piperidine rings is 1. The lowest BCUT2D eigenvalue weighted by atomic mass is 10.00. The van der Waals surface area contributed by atoms with Gasteiger partial charge >= 0.3 is 0 Å². The van der Waals surface area contributed by atoms with Crippen molar-refractivity contribution in [2.45, 2.75) is 12.8 Å². The van der Waals surface area contributed by atoms with Gasteiger partial charge in [0.2, 0.25) is 0 Å². The van der Waals surface area contributed by atoms with E-state index in [0.29, 0.717) is 23.2 Å². The molecule has 1 fully saturated rings. The SMILES string of the molecule is Cl.O=C(NCC1CCCNC1)c1ccn(-c2cccc(Cl)c2)n1. The Balaban J connectivity index is 0.00000192. The van der Waals surface area contributed by atoms with Crippen molar-refractivity contribution in [1.29, 1.82) is 0 Å². The number of hydrogen-bond donors (Lipinski definition) is 2. The van der Waals surface area contributed by atoms with Crippen LogP contribution >= 0.6 is 24.0 Å². The summed E-state index contributed by atoms with van der Waals surface area (Å²) in [6.07, 6.45) is 4.09. The maximum atomic E-state index is 12.2. The summed E-state index contributed by atoms with van der Waals surface area (Å²) in [5, 5.41) is 11.3. The Hall–Kier alpha value is -1.56. The van der Waals surface area contributed by atoms with Crippen molar-refractivity contribution in [1.82, 2.24) is 20.4 Å². The Morgan fingerprint density at radius 3 is 3.04 bits per heavy atom. The average Bonchev–Trinajstić information content (AvgIpc) is 3.04. The number of rotatable bonds is 4. The van der Waals surface area contributed by atoms with Crippen molar-refractivity contribution in [3.8, 4) is 5.69 Å². The molecule has 23 heavy (non-hydrogen) atoms. The fourth-order valence-corrected chi connectivity index (χ4v) is 2.82. The summed E-state index contributed by atoms with van der Waals surface area (Å²) >= 11 is 5.97. The van der Waals surface area contributed by atoms with Crippen LogP contribution in [0.3, 0.4) is 0 Å². The summed E-state index contributed by atoms with van der Waals surface area (Å²) in [6.45, 7) is 2.74. The first kappa shape index (κ1) is 17.8. The number of nitrogens with one attached hydrogen (secondary N) is 2. The van der Waals surface area contributed by atoms with Crippen molar-refractivity contribution in [2.24, 2.45) is 5.92 Å². The molecule has 0 radical (unpaired) electrons. The molecule has 124 valence electrons. The van der Waals surface area contributed by atoms with E-state index in [1.54, 1.807) is 23.0 Å². The second-order valence-corrected chi connectivity index (χ2v) is 5.98. The van der Waals surface area contributed by atoms with E-state index < -0.39 is 0 Å². The van der Waals surface area contributed by atoms with Gasteiger partial charge in [-0.1, -0.05) is 17.7 Å². The molecule has 1 saturated heterocycles. The quantitative estimate of drug-likeness (QED) is 0.887. The van der Waals surface area contributed by atoms with Gasteiger partial charge < -0.3 is 10.6 Å². The number of amides is 1. The second-order valence-electron chi connectivity index (χ2n) is 5.55. The smallest absolute Gasteiger partial charge is 0.271 e. The van der Waals surface area contributed by atoms with Crippen LogP contribution < -0.4 is 10.6 Å². The molecule has 2 aromatic rings. The molecule has 1 aliphatic heterocycles. The fraction of sp³-hybridized carbons (Fsp3) is 0.375. The summed E-state index contributed by atoms with van der Waals surface area (Å²) in [7, 11) is 0. The van der Waals surface area contributed by atoms with E-state index in [4.69, 9.17) is 11.6 Å². The zero-order valence-electron chi connectivity index (χ0n) is 12.7. The third-order valence-corrected chi connectivity index (χ3v) is 4.08. The lowest BCUT2D eigenvalue weighted by Gasteiger charge is -2.22. The number of carbonyl (C=O) groups excluding carboxylic acids is 1. The van der Waals surface area contributed by atoms with E-state index in [9.17, 15) is 4.79 Å². The molecule has 1 aromatic heterocycles. The van der Waals surface area contributed by atoms with Gasteiger partial charge in [-0.05, 0) is 56.1 Å². The summed E-state index contributed by atoms with van der Waals surface area (Å²) in [5.41, 5.74) is 1.26. The first-order valence-corrected chi connectivity index (χ1v) is 7.91. The van der Waals surface area contributed by atoms with Crippen molar-refractivity contribution in [3.05, 3.63) is 47.2 Å². The molecule has 0 saturated carbocycles. The minimum atomic E-state index is -0.133. The molecule has 1 aliphatic rings. The van der Waals surface area contributed by atoms with E-state index in [2.05, 4.69) is 15.7 Å². The van der Waals surface area contributed by atoms with E-state index in [-0.39, 0.29) is 18.3 Å². The zero-order chi connectivity index (χ0) is 15.4. The maximum absolute atomic E-state index is 12.2. The third kappa shape index (κ3) is 4.70. The van der Waals surface area contributed by atoms with Crippen LogP contribution in [0.1, 0.15) is 23.3 Å². The van der Waals surface area contributed by atoms with Crippen LogP contribution in [-0.4, -0.2) is 35.3 Å². The Morgan fingerprint density at radius 1 is 1.43 bits per heavy atom. The number of aromatic nitrogens is 2. The second kappa shape index (κ2) is 8.34. The summed E-state index contributed by atoms with van der Waals surface area (Å²) in [5.74, 6) is 0.374. The topological polar surface area (TPSA) is 59.0 Å². The standard InChI is InChI=1S/C16H19ClN4O.ClH/c17-13-4-1-5-14(9-13)21-8-6-15(20-21)16(22)19-11-12-3-2-7-18-10-12;/h1,4-6,8-9,12,18H,2-3,7,10-11H2,(H,19,22);1H. The van der Waals surface area contributed by atoms with Gasteiger partial charge in [0.1, 0.15) is 0 Å².